The lowest BCUT2D eigenvalue weighted by atomic mass is 9.97. The lowest BCUT2D eigenvalue weighted by Crippen LogP contribution is -2.40. The van der Waals surface area contributed by atoms with E-state index in [-0.39, 0.29) is 18.8 Å². The SMILES string of the molecule is CC(CO)N1CCCN(c2ncnc3c2ncn3CC2(O)CCOC2C)CC1. The van der Waals surface area contributed by atoms with E-state index in [9.17, 15) is 10.2 Å². The quantitative estimate of drug-likeness (QED) is 0.750. The highest BCUT2D eigenvalue weighted by Crippen LogP contribution is 2.30. The molecule has 2 aromatic rings. The Balaban J connectivity index is 1.57. The van der Waals surface area contributed by atoms with E-state index in [1.807, 2.05) is 11.5 Å². The molecule has 3 atom stereocenters. The summed E-state index contributed by atoms with van der Waals surface area (Å²) in [5.41, 5.74) is 0.603. The fourth-order valence-electron chi connectivity index (χ4n) is 4.19. The van der Waals surface area contributed by atoms with Gasteiger partial charge in [0, 0.05) is 45.2 Å². The lowest BCUT2D eigenvalue weighted by molar-refractivity contribution is -0.0382. The first kappa shape index (κ1) is 19.5. The summed E-state index contributed by atoms with van der Waals surface area (Å²) in [7, 11) is 0. The van der Waals surface area contributed by atoms with E-state index < -0.39 is 5.60 Å². The van der Waals surface area contributed by atoms with Gasteiger partial charge in [-0.15, -0.1) is 0 Å². The molecule has 2 aromatic heterocycles. The number of anilines is 1. The van der Waals surface area contributed by atoms with Gasteiger partial charge in [0.25, 0.3) is 0 Å². The normalized spacial score (nSPS) is 28.0. The van der Waals surface area contributed by atoms with Crippen molar-refractivity contribution < 1.29 is 14.9 Å². The molecule has 0 aliphatic carbocycles. The molecule has 4 heterocycles. The summed E-state index contributed by atoms with van der Waals surface area (Å²) in [5, 5.41) is 20.3. The van der Waals surface area contributed by atoms with Gasteiger partial charge in [0.1, 0.15) is 11.9 Å². The Bertz CT molecular complexity index is 814. The Hall–Kier alpha value is -1.81. The molecule has 0 spiro atoms. The van der Waals surface area contributed by atoms with Crippen LogP contribution in [0.1, 0.15) is 26.7 Å². The van der Waals surface area contributed by atoms with Crippen molar-refractivity contribution in [3.8, 4) is 0 Å². The molecule has 0 aromatic carbocycles. The molecule has 9 nitrogen and oxygen atoms in total. The zero-order valence-corrected chi connectivity index (χ0v) is 16.7. The van der Waals surface area contributed by atoms with E-state index in [1.54, 1.807) is 12.7 Å². The summed E-state index contributed by atoms with van der Waals surface area (Å²) in [4.78, 5) is 18.1. The van der Waals surface area contributed by atoms with Gasteiger partial charge in [-0.3, -0.25) is 4.90 Å². The standard InChI is InChI=1S/C19H30N6O3/c1-14(10-26)23-5-3-6-24(8-7-23)17-16-18(21-12-20-17)25(13-22-16)11-19(27)4-9-28-15(19)2/h12-15,26-27H,3-11H2,1-2H3. The van der Waals surface area contributed by atoms with E-state index in [2.05, 4.69) is 31.7 Å². The predicted molar refractivity (Wildman–Crippen MR) is 105 cm³/mol. The average molecular weight is 390 g/mol. The molecule has 9 heteroatoms. The molecule has 0 radical (unpaired) electrons. The number of nitrogens with zero attached hydrogens (tertiary/aromatic N) is 6. The maximum Gasteiger partial charge on any atom is 0.165 e. The van der Waals surface area contributed by atoms with E-state index in [1.165, 1.54) is 0 Å². The number of fused-ring (bicyclic) bond motifs is 1. The number of hydrogen-bond acceptors (Lipinski definition) is 8. The average Bonchev–Trinajstić information content (AvgIpc) is 3.14. The van der Waals surface area contributed by atoms with Gasteiger partial charge in [-0.25, -0.2) is 15.0 Å². The van der Waals surface area contributed by atoms with Gasteiger partial charge in [-0.2, -0.15) is 0 Å². The summed E-state index contributed by atoms with van der Waals surface area (Å²) in [6.07, 6.45) is 4.72. The van der Waals surface area contributed by atoms with Gasteiger partial charge >= 0.3 is 0 Å². The molecule has 2 saturated heterocycles. The minimum atomic E-state index is -0.901. The minimum absolute atomic E-state index is 0.168. The minimum Gasteiger partial charge on any atom is -0.395 e. The summed E-state index contributed by atoms with van der Waals surface area (Å²) in [5.74, 6) is 0.838. The molecule has 28 heavy (non-hydrogen) atoms. The highest BCUT2D eigenvalue weighted by molar-refractivity contribution is 5.83. The maximum absolute atomic E-state index is 10.9. The van der Waals surface area contributed by atoms with Gasteiger partial charge in [0.15, 0.2) is 17.0 Å². The molecule has 2 aliphatic rings. The van der Waals surface area contributed by atoms with Gasteiger partial charge in [-0.1, -0.05) is 0 Å². The molecule has 2 aliphatic heterocycles. The van der Waals surface area contributed by atoms with Crippen molar-refractivity contribution in [2.24, 2.45) is 0 Å². The fourth-order valence-corrected chi connectivity index (χ4v) is 4.19. The molecule has 4 rings (SSSR count). The van der Waals surface area contributed by atoms with Crippen LogP contribution in [-0.4, -0.2) is 91.8 Å². The monoisotopic (exact) mass is 390 g/mol. The molecule has 2 fully saturated rings. The second-order valence-electron chi connectivity index (χ2n) is 8.02. The zero-order chi connectivity index (χ0) is 19.7. The van der Waals surface area contributed by atoms with Crippen molar-refractivity contribution in [2.75, 3.05) is 44.3 Å². The van der Waals surface area contributed by atoms with Crippen LogP contribution in [0.15, 0.2) is 12.7 Å². The van der Waals surface area contributed by atoms with Crippen LogP contribution in [0.25, 0.3) is 11.2 Å². The topological polar surface area (TPSA) is 99.8 Å². The molecular weight excluding hydrogens is 360 g/mol. The van der Waals surface area contributed by atoms with E-state index in [0.29, 0.717) is 19.6 Å². The first-order valence-corrected chi connectivity index (χ1v) is 10.1. The van der Waals surface area contributed by atoms with Crippen LogP contribution < -0.4 is 4.90 Å². The Morgan fingerprint density at radius 3 is 2.86 bits per heavy atom. The van der Waals surface area contributed by atoms with Crippen molar-refractivity contribution >= 4 is 17.0 Å². The van der Waals surface area contributed by atoms with Crippen LogP contribution >= 0.6 is 0 Å². The van der Waals surface area contributed by atoms with E-state index >= 15 is 0 Å². The number of rotatable bonds is 5. The van der Waals surface area contributed by atoms with Crippen LogP contribution in [0.2, 0.25) is 0 Å². The lowest BCUT2D eigenvalue weighted by Gasteiger charge is -2.27. The van der Waals surface area contributed by atoms with Crippen molar-refractivity contribution in [1.82, 2.24) is 24.4 Å². The molecule has 154 valence electrons. The van der Waals surface area contributed by atoms with Crippen molar-refractivity contribution in [1.29, 1.82) is 0 Å². The van der Waals surface area contributed by atoms with Gasteiger partial charge in [0.05, 0.1) is 25.6 Å². The molecule has 3 unspecified atom stereocenters. The van der Waals surface area contributed by atoms with Crippen molar-refractivity contribution in [3.63, 3.8) is 0 Å². The van der Waals surface area contributed by atoms with Crippen LogP contribution in [0.5, 0.6) is 0 Å². The Morgan fingerprint density at radius 1 is 1.25 bits per heavy atom. The largest absolute Gasteiger partial charge is 0.395 e. The molecule has 0 amide bonds. The molecule has 0 saturated carbocycles. The first-order valence-electron chi connectivity index (χ1n) is 10.1. The first-order chi connectivity index (χ1) is 13.5. The third-order valence-electron chi connectivity index (χ3n) is 6.20. The fraction of sp³-hybridized carbons (Fsp3) is 0.737. The van der Waals surface area contributed by atoms with Gasteiger partial charge < -0.3 is 24.4 Å². The maximum atomic E-state index is 10.9. The highest BCUT2D eigenvalue weighted by atomic mass is 16.5. The molecule has 2 N–H and O–H groups in total. The predicted octanol–water partition coefficient (Wildman–Crippen LogP) is 0.259. The van der Waals surface area contributed by atoms with Crippen LogP contribution in [-0.2, 0) is 11.3 Å². The number of aromatic nitrogens is 4. The zero-order valence-electron chi connectivity index (χ0n) is 16.7. The summed E-state index contributed by atoms with van der Waals surface area (Å²) >= 11 is 0. The number of imidazole rings is 1. The van der Waals surface area contributed by atoms with Crippen molar-refractivity contribution in [3.05, 3.63) is 12.7 Å². The van der Waals surface area contributed by atoms with Crippen LogP contribution in [0, 0.1) is 0 Å². The number of ether oxygens (including phenoxy) is 1. The Labute approximate surface area is 165 Å². The Kier molecular flexibility index (Phi) is 5.50. The number of aliphatic hydroxyl groups excluding tert-OH is 1. The molecular formula is C19H30N6O3. The second kappa shape index (κ2) is 7.90. The number of aliphatic hydroxyl groups is 2. The van der Waals surface area contributed by atoms with Gasteiger partial charge in [-0.05, 0) is 20.3 Å². The smallest absolute Gasteiger partial charge is 0.165 e. The third kappa shape index (κ3) is 3.59. The van der Waals surface area contributed by atoms with Gasteiger partial charge in [0.2, 0.25) is 0 Å². The van der Waals surface area contributed by atoms with Crippen molar-refractivity contribution in [2.45, 2.75) is 51.0 Å². The summed E-state index contributed by atoms with van der Waals surface area (Å²) in [6, 6.07) is 0.168. The second-order valence-corrected chi connectivity index (χ2v) is 8.02. The highest BCUT2D eigenvalue weighted by Gasteiger charge is 2.40. The van der Waals surface area contributed by atoms with Crippen LogP contribution in [0.3, 0.4) is 0 Å². The third-order valence-corrected chi connectivity index (χ3v) is 6.20. The summed E-state index contributed by atoms with van der Waals surface area (Å²) in [6.45, 7) is 8.67. The Morgan fingerprint density at radius 2 is 2.11 bits per heavy atom. The van der Waals surface area contributed by atoms with E-state index in [4.69, 9.17) is 4.74 Å². The van der Waals surface area contributed by atoms with E-state index in [0.717, 1.165) is 49.6 Å². The summed E-state index contributed by atoms with van der Waals surface area (Å²) < 4.78 is 7.46. The number of hydrogen-bond donors (Lipinski definition) is 2. The van der Waals surface area contributed by atoms with Crippen LogP contribution in [0.4, 0.5) is 5.82 Å². The molecule has 0 bridgehead atoms.